The van der Waals surface area contributed by atoms with Gasteiger partial charge in [-0.1, -0.05) is 12.1 Å². The first-order valence-electron chi connectivity index (χ1n) is 7.18. The highest BCUT2D eigenvalue weighted by Gasteiger charge is 2.07. The van der Waals surface area contributed by atoms with Gasteiger partial charge in [-0.15, -0.1) is 0 Å². The van der Waals surface area contributed by atoms with Gasteiger partial charge in [0.2, 0.25) is 0 Å². The van der Waals surface area contributed by atoms with Crippen molar-refractivity contribution in [3.05, 3.63) is 29.8 Å². The highest BCUT2D eigenvalue weighted by atomic mass is 16.5. The topological polar surface area (TPSA) is 38.5 Å². The fourth-order valence-corrected chi connectivity index (χ4v) is 1.99. The van der Waals surface area contributed by atoms with E-state index in [-0.39, 0.29) is 6.10 Å². The summed E-state index contributed by atoms with van der Waals surface area (Å²) in [7, 11) is 2.16. The average molecular weight is 264 g/mol. The fraction of sp³-hybridized carbons (Fsp3) is 0.625. The Kier molecular flexibility index (Phi) is 6.89. The van der Waals surface area contributed by atoms with Crippen molar-refractivity contribution in [3.8, 4) is 5.75 Å². The predicted molar refractivity (Wildman–Crippen MR) is 81.7 cm³/mol. The zero-order valence-corrected chi connectivity index (χ0v) is 12.7. The van der Waals surface area contributed by atoms with Crippen LogP contribution in [0.1, 0.15) is 32.8 Å². The molecule has 0 aromatic heterocycles. The molecule has 3 nitrogen and oxygen atoms in total. The maximum absolute atomic E-state index is 5.64. The SMILES string of the molecule is CC(C)Oc1ccc(CCN(C)C(C)CCN)cc1. The quantitative estimate of drug-likeness (QED) is 0.784. The molecule has 3 heteroatoms. The van der Waals surface area contributed by atoms with Gasteiger partial charge in [0.1, 0.15) is 5.75 Å². The molecule has 0 bridgehead atoms. The molecule has 0 heterocycles. The Hall–Kier alpha value is -1.06. The summed E-state index contributed by atoms with van der Waals surface area (Å²) >= 11 is 0. The number of rotatable bonds is 8. The van der Waals surface area contributed by atoms with Crippen LogP contribution in [0.5, 0.6) is 5.75 Å². The normalized spacial score (nSPS) is 13.0. The molecule has 1 unspecified atom stereocenters. The summed E-state index contributed by atoms with van der Waals surface area (Å²) in [6, 6.07) is 8.96. The van der Waals surface area contributed by atoms with E-state index in [1.165, 1.54) is 5.56 Å². The molecule has 0 fully saturated rings. The van der Waals surface area contributed by atoms with E-state index in [4.69, 9.17) is 10.5 Å². The number of hydrogen-bond donors (Lipinski definition) is 1. The Bertz CT molecular complexity index is 348. The van der Waals surface area contributed by atoms with Gasteiger partial charge in [-0.25, -0.2) is 0 Å². The summed E-state index contributed by atoms with van der Waals surface area (Å²) in [5.41, 5.74) is 6.94. The minimum absolute atomic E-state index is 0.231. The molecular formula is C16H28N2O. The number of nitrogens with zero attached hydrogens (tertiary/aromatic N) is 1. The molecule has 0 aliphatic heterocycles. The predicted octanol–water partition coefficient (Wildman–Crippen LogP) is 2.69. The first kappa shape index (κ1) is 16.0. The van der Waals surface area contributed by atoms with E-state index < -0.39 is 0 Å². The van der Waals surface area contributed by atoms with Gasteiger partial charge in [-0.05, 0) is 64.9 Å². The highest BCUT2D eigenvalue weighted by Crippen LogP contribution is 2.14. The molecule has 0 saturated carbocycles. The van der Waals surface area contributed by atoms with Crippen LogP contribution < -0.4 is 10.5 Å². The summed E-state index contributed by atoms with van der Waals surface area (Å²) < 4.78 is 5.64. The summed E-state index contributed by atoms with van der Waals surface area (Å²) in [4.78, 5) is 2.37. The molecular weight excluding hydrogens is 236 g/mol. The molecule has 0 saturated heterocycles. The Morgan fingerprint density at radius 2 is 1.79 bits per heavy atom. The van der Waals surface area contributed by atoms with Crippen LogP contribution in [0.25, 0.3) is 0 Å². The molecule has 0 radical (unpaired) electrons. The summed E-state index contributed by atoms with van der Waals surface area (Å²) in [5, 5.41) is 0. The van der Waals surface area contributed by atoms with Crippen LogP contribution in [0.2, 0.25) is 0 Å². The second kappa shape index (κ2) is 8.18. The van der Waals surface area contributed by atoms with Gasteiger partial charge in [0.05, 0.1) is 6.10 Å². The lowest BCUT2D eigenvalue weighted by Gasteiger charge is -2.24. The van der Waals surface area contributed by atoms with Crippen LogP contribution in [0.15, 0.2) is 24.3 Å². The lowest BCUT2D eigenvalue weighted by atomic mass is 10.1. The number of benzene rings is 1. The van der Waals surface area contributed by atoms with E-state index in [9.17, 15) is 0 Å². The second-order valence-corrected chi connectivity index (χ2v) is 5.47. The molecule has 19 heavy (non-hydrogen) atoms. The lowest BCUT2D eigenvalue weighted by Crippen LogP contribution is -2.32. The number of nitrogens with two attached hydrogens (primary N) is 1. The van der Waals surface area contributed by atoms with Gasteiger partial charge < -0.3 is 15.4 Å². The molecule has 0 spiro atoms. The van der Waals surface area contributed by atoms with Crippen molar-refractivity contribution in [1.29, 1.82) is 0 Å². The number of hydrogen-bond acceptors (Lipinski definition) is 3. The van der Waals surface area contributed by atoms with Gasteiger partial charge in [0, 0.05) is 12.6 Å². The van der Waals surface area contributed by atoms with Crippen LogP contribution in [-0.2, 0) is 6.42 Å². The van der Waals surface area contributed by atoms with Crippen LogP contribution in [0.3, 0.4) is 0 Å². The minimum Gasteiger partial charge on any atom is -0.491 e. The fourth-order valence-electron chi connectivity index (χ4n) is 1.99. The van der Waals surface area contributed by atoms with Crippen molar-refractivity contribution >= 4 is 0 Å². The first-order valence-corrected chi connectivity index (χ1v) is 7.18. The molecule has 0 amide bonds. The van der Waals surface area contributed by atoms with Crippen molar-refractivity contribution in [2.24, 2.45) is 5.73 Å². The highest BCUT2D eigenvalue weighted by molar-refractivity contribution is 5.27. The van der Waals surface area contributed by atoms with Crippen LogP contribution >= 0.6 is 0 Å². The largest absolute Gasteiger partial charge is 0.491 e. The molecule has 108 valence electrons. The van der Waals surface area contributed by atoms with Crippen molar-refractivity contribution < 1.29 is 4.74 Å². The van der Waals surface area contributed by atoms with E-state index in [0.717, 1.165) is 31.7 Å². The van der Waals surface area contributed by atoms with Gasteiger partial charge in [-0.3, -0.25) is 0 Å². The van der Waals surface area contributed by atoms with Gasteiger partial charge >= 0.3 is 0 Å². The number of ether oxygens (including phenoxy) is 1. The number of likely N-dealkylation sites (N-methyl/N-ethyl adjacent to an activating group) is 1. The Balaban J connectivity index is 2.41. The van der Waals surface area contributed by atoms with E-state index in [0.29, 0.717) is 6.04 Å². The third kappa shape index (κ3) is 6.08. The smallest absolute Gasteiger partial charge is 0.119 e. The first-order chi connectivity index (χ1) is 9.02. The third-order valence-corrected chi connectivity index (χ3v) is 3.39. The summed E-state index contributed by atoms with van der Waals surface area (Å²) in [6.07, 6.45) is 2.35. The molecule has 2 N–H and O–H groups in total. The zero-order valence-electron chi connectivity index (χ0n) is 12.7. The van der Waals surface area contributed by atoms with Crippen LogP contribution in [0.4, 0.5) is 0 Å². The van der Waals surface area contributed by atoms with Crippen molar-refractivity contribution in [3.63, 3.8) is 0 Å². The Morgan fingerprint density at radius 3 is 2.32 bits per heavy atom. The van der Waals surface area contributed by atoms with Crippen molar-refractivity contribution in [2.45, 2.75) is 45.8 Å². The molecule has 0 aliphatic rings. The van der Waals surface area contributed by atoms with E-state index >= 15 is 0 Å². The zero-order chi connectivity index (χ0) is 14.3. The molecule has 0 aliphatic carbocycles. The van der Waals surface area contributed by atoms with Gasteiger partial charge in [-0.2, -0.15) is 0 Å². The standard InChI is InChI=1S/C16H28N2O/c1-13(2)19-16-7-5-15(6-8-16)10-12-18(4)14(3)9-11-17/h5-8,13-14H,9-12,17H2,1-4H3. The average Bonchev–Trinajstić information content (AvgIpc) is 2.37. The minimum atomic E-state index is 0.231. The Labute approximate surface area is 117 Å². The third-order valence-electron chi connectivity index (χ3n) is 3.39. The summed E-state index contributed by atoms with van der Waals surface area (Å²) in [5.74, 6) is 0.948. The maximum atomic E-state index is 5.64. The lowest BCUT2D eigenvalue weighted by molar-refractivity contribution is 0.242. The van der Waals surface area contributed by atoms with Crippen molar-refractivity contribution in [1.82, 2.24) is 4.90 Å². The van der Waals surface area contributed by atoms with Gasteiger partial charge in [0.25, 0.3) is 0 Å². The Morgan fingerprint density at radius 1 is 1.16 bits per heavy atom. The van der Waals surface area contributed by atoms with Crippen LogP contribution in [0, 0.1) is 0 Å². The molecule has 1 rings (SSSR count). The van der Waals surface area contributed by atoms with Crippen molar-refractivity contribution in [2.75, 3.05) is 20.1 Å². The van der Waals surface area contributed by atoms with Gasteiger partial charge in [0.15, 0.2) is 0 Å². The second-order valence-electron chi connectivity index (χ2n) is 5.47. The summed E-state index contributed by atoms with van der Waals surface area (Å²) in [6.45, 7) is 8.13. The molecule has 1 atom stereocenters. The van der Waals surface area contributed by atoms with E-state index in [1.807, 2.05) is 13.8 Å². The van der Waals surface area contributed by atoms with E-state index in [1.54, 1.807) is 0 Å². The molecule has 1 aromatic carbocycles. The maximum Gasteiger partial charge on any atom is 0.119 e. The van der Waals surface area contributed by atoms with E-state index in [2.05, 4.69) is 43.1 Å². The van der Waals surface area contributed by atoms with Crippen LogP contribution in [-0.4, -0.2) is 37.2 Å². The monoisotopic (exact) mass is 264 g/mol. The molecule has 1 aromatic rings.